The van der Waals surface area contributed by atoms with E-state index in [9.17, 15) is 13.2 Å². The topological polar surface area (TPSA) is 79.0 Å². The fourth-order valence-electron chi connectivity index (χ4n) is 1.37. The van der Waals surface area contributed by atoms with Gasteiger partial charge in [0.15, 0.2) is 0 Å². The highest BCUT2D eigenvalue weighted by Crippen LogP contribution is 2.28. The van der Waals surface area contributed by atoms with Crippen molar-refractivity contribution in [3.63, 3.8) is 0 Å². The number of aromatic amines is 1. The van der Waals surface area contributed by atoms with E-state index in [1.807, 2.05) is 0 Å². The Labute approximate surface area is 133 Å². The van der Waals surface area contributed by atoms with Crippen molar-refractivity contribution in [2.75, 3.05) is 4.72 Å². The second-order valence-corrected chi connectivity index (χ2v) is 7.12. The molecular weight excluding hydrogens is 391 g/mol. The second-order valence-electron chi connectivity index (χ2n) is 3.74. The highest BCUT2D eigenvalue weighted by Gasteiger charge is 2.17. The molecule has 0 radical (unpaired) electrons. The number of hydrogen-bond acceptors (Lipinski definition) is 3. The molecule has 0 fully saturated rings. The summed E-state index contributed by atoms with van der Waals surface area (Å²) >= 11 is 14.6. The van der Waals surface area contributed by atoms with Crippen molar-refractivity contribution in [1.82, 2.24) is 4.98 Å². The second kappa shape index (κ2) is 5.77. The van der Waals surface area contributed by atoms with Crippen LogP contribution < -0.4 is 10.3 Å². The van der Waals surface area contributed by atoms with Crippen LogP contribution in [0.5, 0.6) is 0 Å². The quantitative estimate of drug-likeness (QED) is 0.834. The lowest BCUT2D eigenvalue weighted by Gasteiger charge is -2.10. The number of hydrogen-bond donors (Lipinski definition) is 2. The molecular formula is C11H7BrCl2N2O3S. The summed E-state index contributed by atoms with van der Waals surface area (Å²) in [5, 5.41) is 0.170. The molecule has 2 aromatic rings. The molecule has 0 saturated heterocycles. The number of pyridine rings is 1. The van der Waals surface area contributed by atoms with Crippen LogP contribution in [0.25, 0.3) is 0 Å². The minimum Gasteiger partial charge on any atom is -0.326 e. The molecule has 0 aliphatic rings. The molecule has 1 aromatic carbocycles. The normalized spacial score (nSPS) is 11.3. The molecule has 2 N–H and O–H groups in total. The zero-order valence-electron chi connectivity index (χ0n) is 9.65. The van der Waals surface area contributed by atoms with Crippen LogP contribution in [-0.4, -0.2) is 13.4 Å². The summed E-state index contributed by atoms with van der Waals surface area (Å²) in [6.45, 7) is 0. The predicted octanol–water partition coefficient (Wildman–Crippen LogP) is 3.25. The molecule has 0 atom stereocenters. The van der Waals surface area contributed by atoms with E-state index in [0.717, 1.165) is 12.3 Å². The third kappa shape index (κ3) is 3.35. The third-order valence-electron chi connectivity index (χ3n) is 2.31. The molecule has 1 aromatic heterocycles. The smallest absolute Gasteiger partial charge is 0.266 e. The van der Waals surface area contributed by atoms with Crippen molar-refractivity contribution >= 4 is 54.8 Å². The van der Waals surface area contributed by atoms with E-state index in [1.165, 1.54) is 6.07 Å². The van der Waals surface area contributed by atoms with Gasteiger partial charge in [-0.15, -0.1) is 0 Å². The van der Waals surface area contributed by atoms with E-state index in [0.29, 0.717) is 9.50 Å². The van der Waals surface area contributed by atoms with Gasteiger partial charge < -0.3 is 4.98 Å². The maximum atomic E-state index is 12.2. The monoisotopic (exact) mass is 396 g/mol. The van der Waals surface area contributed by atoms with E-state index in [4.69, 9.17) is 23.2 Å². The first kappa shape index (κ1) is 15.4. The van der Waals surface area contributed by atoms with Gasteiger partial charge in [0.25, 0.3) is 15.6 Å². The van der Waals surface area contributed by atoms with Crippen molar-refractivity contribution in [1.29, 1.82) is 0 Å². The Hall–Kier alpha value is -1.02. The molecule has 9 heteroatoms. The minimum absolute atomic E-state index is 0.158. The molecule has 5 nitrogen and oxygen atoms in total. The summed E-state index contributed by atoms with van der Waals surface area (Å²) in [5.74, 6) is 0. The molecule has 0 saturated carbocycles. The average Bonchev–Trinajstić information content (AvgIpc) is 2.36. The number of H-pyrrole nitrogens is 1. The summed E-state index contributed by atoms with van der Waals surface area (Å²) in [6, 6.07) is 5.75. The summed E-state index contributed by atoms with van der Waals surface area (Å²) in [4.78, 5) is 13.2. The van der Waals surface area contributed by atoms with Crippen LogP contribution in [0.3, 0.4) is 0 Å². The maximum Gasteiger partial charge on any atom is 0.266 e. The molecule has 20 heavy (non-hydrogen) atoms. The number of nitrogens with one attached hydrogen (secondary N) is 2. The van der Waals surface area contributed by atoms with Gasteiger partial charge in [-0.2, -0.15) is 0 Å². The number of sulfonamides is 1. The first-order chi connectivity index (χ1) is 9.29. The molecule has 0 aliphatic carbocycles. The summed E-state index contributed by atoms with van der Waals surface area (Å²) in [7, 11) is -3.89. The van der Waals surface area contributed by atoms with E-state index in [-0.39, 0.29) is 15.6 Å². The van der Waals surface area contributed by atoms with Crippen molar-refractivity contribution in [3.05, 3.63) is 55.3 Å². The molecule has 0 unspecified atom stereocenters. The number of benzene rings is 1. The lowest BCUT2D eigenvalue weighted by Crippen LogP contribution is -2.16. The van der Waals surface area contributed by atoms with E-state index in [2.05, 4.69) is 25.6 Å². The van der Waals surface area contributed by atoms with Crippen LogP contribution >= 0.6 is 39.1 Å². The lowest BCUT2D eigenvalue weighted by molar-refractivity contribution is 0.600. The van der Waals surface area contributed by atoms with E-state index in [1.54, 1.807) is 12.1 Å². The Bertz CT molecular complexity index is 821. The molecule has 2 rings (SSSR count). The zero-order valence-corrected chi connectivity index (χ0v) is 13.6. The van der Waals surface area contributed by atoms with Gasteiger partial charge >= 0.3 is 0 Å². The largest absolute Gasteiger partial charge is 0.326 e. The zero-order chi connectivity index (χ0) is 14.9. The van der Waals surface area contributed by atoms with E-state index >= 15 is 0 Å². The van der Waals surface area contributed by atoms with E-state index < -0.39 is 15.6 Å². The molecule has 0 bridgehead atoms. The third-order valence-corrected chi connectivity index (χ3v) is 4.87. The number of aromatic nitrogens is 1. The highest BCUT2D eigenvalue weighted by molar-refractivity contribution is 9.10. The molecule has 106 valence electrons. The Kier molecular flexibility index (Phi) is 4.43. The number of anilines is 1. The van der Waals surface area contributed by atoms with Gasteiger partial charge in [-0.1, -0.05) is 23.2 Å². The fourth-order valence-corrected chi connectivity index (χ4v) is 3.32. The van der Waals surface area contributed by atoms with Crippen molar-refractivity contribution in [2.24, 2.45) is 0 Å². The van der Waals surface area contributed by atoms with Gasteiger partial charge in [0.05, 0.1) is 5.69 Å². The van der Waals surface area contributed by atoms with Crippen molar-refractivity contribution in [2.45, 2.75) is 4.90 Å². The van der Waals surface area contributed by atoms with Gasteiger partial charge in [-0.25, -0.2) is 8.42 Å². The van der Waals surface area contributed by atoms with Gasteiger partial charge in [-0.3, -0.25) is 9.52 Å². The Morgan fingerprint density at radius 2 is 1.90 bits per heavy atom. The predicted molar refractivity (Wildman–Crippen MR) is 82.0 cm³/mol. The van der Waals surface area contributed by atoms with Gasteiger partial charge in [-0.05, 0) is 40.2 Å². The Morgan fingerprint density at radius 3 is 2.55 bits per heavy atom. The maximum absolute atomic E-state index is 12.2. The van der Waals surface area contributed by atoms with Crippen LogP contribution in [-0.2, 0) is 10.0 Å². The lowest BCUT2D eigenvalue weighted by atomic mass is 10.3. The van der Waals surface area contributed by atoms with Gasteiger partial charge in [0, 0.05) is 15.7 Å². The molecule has 1 heterocycles. The molecule has 0 aliphatic heterocycles. The Morgan fingerprint density at radius 1 is 1.20 bits per heavy atom. The van der Waals surface area contributed by atoms with Crippen LogP contribution in [0.1, 0.15) is 0 Å². The van der Waals surface area contributed by atoms with Crippen molar-refractivity contribution < 1.29 is 8.42 Å². The highest BCUT2D eigenvalue weighted by atomic mass is 79.9. The summed E-state index contributed by atoms with van der Waals surface area (Å²) in [5.41, 5.74) is -0.283. The fraction of sp³-hybridized carbons (Fsp3) is 0. The average molecular weight is 398 g/mol. The number of rotatable bonds is 3. The van der Waals surface area contributed by atoms with Crippen LogP contribution in [0.15, 0.2) is 44.6 Å². The summed E-state index contributed by atoms with van der Waals surface area (Å²) in [6.07, 6.45) is 1.06. The van der Waals surface area contributed by atoms with Crippen LogP contribution in [0, 0.1) is 0 Å². The number of halogens is 3. The van der Waals surface area contributed by atoms with Gasteiger partial charge in [0.1, 0.15) is 9.92 Å². The Balaban J connectivity index is 2.43. The van der Waals surface area contributed by atoms with Gasteiger partial charge in [0.2, 0.25) is 0 Å². The molecule has 0 spiro atoms. The van der Waals surface area contributed by atoms with Crippen molar-refractivity contribution in [3.8, 4) is 0 Å². The SMILES string of the molecule is O=c1[nH]cc(S(=O)(=O)Nc2cc(Cl)ccc2Br)cc1Cl. The summed E-state index contributed by atoms with van der Waals surface area (Å²) < 4.78 is 27.2. The standard InChI is InChI=1S/C11H7BrCl2N2O3S/c12-8-2-1-6(13)3-10(8)16-20(18,19)7-4-9(14)11(17)15-5-7/h1-5,16H,(H,15,17). The first-order valence-corrected chi connectivity index (χ1v) is 8.19. The first-order valence-electron chi connectivity index (χ1n) is 5.16. The molecule has 0 amide bonds. The minimum atomic E-state index is -3.89. The van der Waals surface area contributed by atoms with Crippen LogP contribution in [0.2, 0.25) is 10.0 Å². The van der Waals surface area contributed by atoms with Crippen LogP contribution in [0.4, 0.5) is 5.69 Å².